The fourth-order valence-corrected chi connectivity index (χ4v) is 1.18. The first-order valence-electron chi connectivity index (χ1n) is 4.43. The lowest BCUT2D eigenvalue weighted by Crippen LogP contribution is -2.04. The van der Waals surface area contributed by atoms with E-state index in [2.05, 4.69) is 12.1 Å². The molecule has 0 bridgehead atoms. The Hall–Kier alpha value is -1.28. The van der Waals surface area contributed by atoms with E-state index in [1.807, 2.05) is 18.2 Å². The highest BCUT2D eigenvalue weighted by Gasteiger charge is 1.98. The molecule has 0 saturated carbocycles. The molecule has 3 N–H and O–H groups in total. The lowest BCUT2D eigenvalue weighted by atomic mass is 10.1. The van der Waals surface area contributed by atoms with Gasteiger partial charge in [-0.1, -0.05) is 30.3 Å². The van der Waals surface area contributed by atoms with Gasteiger partial charge in [0.1, 0.15) is 0 Å². The second-order valence-electron chi connectivity index (χ2n) is 2.98. The number of nitrogens with two attached hydrogens (primary N) is 1. The second-order valence-corrected chi connectivity index (χ2v) is 2.98. The zero-order valence-corrected chi connectivity index (χ0v) is 7.56. The number of hydrogen-bond donors (Lipinski definition) is 2. The fraction of sp³-hybridized carbons (Fsp3) is 0.273. The van der Waals surface area contributed by atoms with Gasteiger partial charge < -0.3 is 10.8 Å². The summed E-state index contributed by atoms with van der Waals surface area (Å²) in [5.41, 5.74) is 6.40. The van der Waals surface area contributed by atoms with Gasteiger partial charge in [0.15, 0.2) is 0 Å². The first kappa shape index (κ1) is 9.81. The van der Waals surface area contributed by atoms with E-state index in [0.29, 0.717) is 0 Å². The molecule has 1 atom stereocenters. The molecule has 0 spiro atoms. The van der Waals surface area contributed by atoms with Crippen molar-refractivity contribution in [2.75, 3.05) is 0 Å². The van der Waals surface area contributed by atoms with Crippen LogP contribution in [-0.4, -0.2) is 11.2 Å². The van der Waals surface area contributed by atoms with Gasteiger partial charge in [-0.25, -0.2) is 0 Å². The van der Waals surface area contributed by atoms with Gasteiger partial charge in [-0.05, 0) is 30.7 Å². The Morgan fingerprint density at radius 2 is 2.00 bits per heavy atom. The van der Waals surface area contributed by atoms with E-state index in [-0.39, 0.29) is 0 Å². The van der Waals surface area contributed by atoms with Gasteiger partial charge in [0.05, 0.1) is 6.10 Å². The van der Waals surface area contributed by atoms with Crippen LogP contribution in [0.5, 0.6) is 0 Å². The monoisotopic (exact) mass is 177 g/mol. The quantitative estimate of drug-likeness (QED) is 0.731. The van der Waals surface area contributed by atoms with Crippen LogP contribution in [-0.2, 0) is 6.42 Å². The van der Waals surface area contributed by atoms with Gasteiger partial charge in [0, 0.05) is 0 Å². The predicted molar refractivity (Wildman–Crippen MR) is 54.1 cm³/mol. The summed E-state index contributed by atoms with van der Waals surface area (Å²) in [5.74, 6) is 0. The maximum atomic E-state index is 9.34. The fourth-order valence-electron chi connectivity index (χ4n) is 1.18. The summed E-state index contributed by atoms with van der Waals surface area (Å²) in [6.07, 6.45) is 4.16. The highest BCUT2D eigenvalue weighted by Crippen LogP contribution is 2.05. The third-order valence-corrected chi connectivity index (χ3v) is 1.90. The van der Waals surface area contributed by atoms with Crippen LogP contribution in [0.2, 0.25) is 0 Å². The van der Waals surface area contributed by atoms with Crippen molar-refractivity contribution in [2.24, 2.45) is 5.73 Å². The number of aryl methyl sites for hydroxylation is 1. The Bertz CT molecular complexity index is 256. The van der Waals surface area contributed by atoms with E-state index in [4.69, 9.17) is 5.73 Å². The van der Waals surface area contributed by atoms with Crippen molar-refractivity contribution in [2.45, 2.75) is 18.9 Å². The smallest absolute Gasteiger partial charge is 0.0740 e. The summed E-state index contributed by atoms with van der Waals surface area (Å²) >= 11 is 0. The average molecular weight is 177 g/mol. The zero-order chi connectivity index (χ0) is 9.52. The Balaban J connectivity index is 2.35. The molecule has 1 aromatic rings. The molecule has 0 aliphatic rings. The lowest BCUT2D eigenvalue weighted by Gasteiger charge is -2.04. The van der Waals surface area contributed by atoms with Crippen LogP contribution in [0.25, 0.3) is 0 Å². The van der Waals surface area contributed by atoms with E-state index >= 15 is 0 Å². The van der Waals surface area contributed by atoms with Crippen molar-refractivity contribution in [1.29, 1.82) is 0 Å². The number of benzene rings is 1. The van der Waals surface area contributed by atoms with E-state index < -0.39 is 6.10 Å². The number of hydrogen-bond acceptors (Lipinski definition) is 2. The Morgan fingerprint density at radius 3 is 2.62 bits per heavy atom. The van der Waals surface area contributed by atoms with E-state index in [0.717, 1.165) is 12.8 Å². The third-order valence-electron chi connectivity index (χ3n) is 1.90. The molecule has 0 unspecified atom stereocenters. The first-order chi connectivity index (χ1) is 6.33. The summed E-state index contributed by atoms with van der Waals surface area (Å²) in [4.78, 5) is 0. The van der Waals surface area contributed by atoms with Crippen LogP contribution in [0.15, 0.2) is 42.6 Å². The average Bonchev–Trinajstić information content (AvgIpc) is 2.17. The van der Waals surface area contributed by atoms with Crippen LogP contribution in [0.3, 0.4) is 0 Å². The number of aliphatic hydroxyl groups excluding tert-OH is 1. The first-order valence-corrected chi connectivity index (χ1v) is 4.43. The van der Waals surface area contributed by atoms with Gasteiger partial charge in [-0.15, -0.1) is 0 Å². The SMILES string of the molecule is N/C=C/[C@@H](O)CCc1ccccc1. The van der Waals surface area contributed by atoms with Gasteiger partial charge in [0.2, 0.25) is 0 Å². The molecule has 0 fully saturated rings. The molecule has 2 heteroatoms. The van der Waals surface area contributed by atoms with Crippen LogP contribution >= 0.6 is 0 Å². The van der Waals surface area contributed by atoms with Gasteiger partial charge >= 0.3 is 0 Å². The standard InChI is InChI=1S/C11H15NO/c12-9-8-11(13)7-6-10-4-2-1-3-5-10/h1-5,8-9,11,13H,6-7,12H2/b9-8+/t11-/m0/s1. The summed E-state index contributed by atoms with van der Waals surface area (Å²) in [6, 6.07) is 10.1. The molecule has 1 rings (SSSR count). The second kappa shape index (κ2) is 5.38. The normalized spacial score (nSPS) is 13.3. The van der Waals surface area contributed by atoms with Crippen molar-refractivity contribution in [3.05, 3.63) is 48.2 Å². The molecule has 13 heavy (non-hydrogen) atoms. The molecule has 70 valence electrons. The van der Waals surface area contributed by atoms with E-state index in [1.54, 1.807) is 6.08 Å². The Labute approximate surface area is 78.7 Å². The number of rotatable bonds is 4. The largest absolute Gasteiger partial charge is 0.405 e. The number of aliphatic hydroxyl groups is 1. The maximum absolute atomic E-state index is 9.34. The van der Waals surface area contributed by atoms with E-state index in [1.165, 1.54) is 11.8 Å². The van der Waals surface area contributed by atoms with Gasteiger partial charge in [-0.3, -0.25) is 0 Å². The lowest BCUT2D eigenvalue weighted by molar-refractivity contribution is 0.213. The summed E-state index contributed by atoms with van der Waals surface area (Å²) < 4.78 is 0. The zero-order valence-electron chi connectivity index (χ0n) is 7.56. The van der Waals surface area contributed by atoms with Crippen molar-refractivity contribution in [1.82, 2.24) is 0 Å². The Morgan fingerprint density at radius 1 is 1.31 bits per heavy atom. The van der Waals surface area contributed by atoms with Crippen molar-refractivity contribution < 1.29 is 5.11 Å². The molecular weight excluding hydrogens is 162 g/mol. The topological polar surface area (TPSA) is 46.2 Å². The van der Waals surface area contributed by atoms with Crippen LogP contribution in [0.1, 0.15) is 12.0 Å². The third kappa shape index (κ3) is 3.76. The summed E-state index contributed by atoms with van der Waals surface area (Å²) in [7, 11) is 0. The molecule has 0 saturated heterocycles. The molecule has 0 aliphatic heterocycles. The van der Waals surface area contributed by atoms with Crippen LogP contribution < -0.4 is 5.73 Å². The molecule has 0 aliphatic carbocycles. The van der Waals surface area contributed by atoms with Crippen LogP contribution in [0, 0.1) is 0 Å². The summed E-state index contributed by atoms with van der Waals surface area (Å²) in [6.45, 7) is 0. The van der Waals surface area contributed by atoms with Crippen LogP contribution in [0.4, 0.5) is 0 Å². The molecule has 0 heterocycles. The minimum Gasteiger partial charge on any atom is -0.405 e. The molecular formula is C11H15NO. The summed E-state index contributed by atoms with van der Waals surface area (Å²) in [5, 5.41) is 9.34. The van der Waals surface area contributed by atoms with Crippen molar-refractivity contribution in [3.8, 4) is 0 Å². The minimum absolute atomic E-state index is 0.426. The Kier molecular flexibility index (Phi) is 4.06. The van der Waals surface area contributed by atoms with E-state index in [9.17, 15) is 5.11 Å². The molecule has 1 aromatic carbocycles. The molecule has 2 nitrogen and oxygen atoms in total. The van der Waals surface area contributed by atoms with Gasteiger partial charge in [-0.2, -0.15) is 0 Å². The predicted octanol–water partition coefficient (Wildman–Crippen LogP) is 1.45. The minimum atomic E-state index is -0.426. The molecule has 0 amide bonds. The van der Waals surface area contributed by atoms with Crippen molar-refractivity contribution >= 4 is 0 Å². The maximum Gasteiger partial charge on any atom is 0.0740 e. The van der Waals surface area contributed by atoms with Crippen molar-refractivity contribution in [3.63, 3.8) is 0 Å². The molecule has 0 radical (unpaired) electrons. The van der Waals surface area contributed by atoms with Gasteiger partial charge in [0.25, 0.3) is 0 Å². The highest BCUT2D eigenvalue weighted by molar-refractivity contribution is 5.14. The highest BCUT2D eigenvalue weighted by atomic mass is 16.3. The molecule has 0 aromatic heterocycles.